The first-order valence-electron chi connectivity index (χ1n) is 8.24. The second kappa shape index (κ2) is 9.93. The number of furan rings is 1. The van der Waals surface area contributed by atoms with Crippen LogP contribution in [0.5, 0.6) is 0 Å². The van der Waals surface area contributed by atoms with Crippen molar-refractivity contribution in [3.63, 3.8) is 0 Å². The summed E-state index contributed by atoms with van der Waals surface area (Å²) < 4.78 is 5.39. The van der Waals surface area contributed by atoms with E-state index in [1.165, 1.54) is 4.88 Å². The average Bonchev–Trinajstić information content (AvgIpc) is 3.28. The van der Waals surface area contributed by atoms with Crippen LogP contribution >= 0.6 is 35.3 Å². The van der Waals surface area contributed by atoms with Gasteiger partial charge < -0.3 is 20.4 Å². The fraction of sp³-hybridized carbons (Fsp3) is 0.412. The Kier molecular flexibility index (Phi) is 7.91. The van der Waals surface area contributed by atoms with Gasteiger partial charge in [-0.2, -0.15) is 0 Å². The van der Waals surface area contributed by atoms with Crippen molar-refractivity contribution >= 4 is 47.2 Å². The first-order valence-corrected chi connectivity index (χ1v) is 9.12. The van der Waals surface area contributed by atoms with Crippen LogP contribution in [0, 0.1) is 0 Å². The summed E-state index contributed by atoms with van der Waals surface area (Å²) in [6.07, 6.45) is 0. The van der Waals surface area contributed by atoms with Crippen LogP contribution in [-0.4, -0.2) is 54.9 Å². The molecule has 0 aromatic carbocycles. The second-order valence-corrected chi connectivity index (χ2v) is 6.91. The molecular formula is C17H24IN5O2S. The summed E-state index contributed by atoms with van der Waals surface area (Å²) in [5, 5.41) is 5.40. The van der Waals surface area contributed by atoms with Crippen LogP contribution in [0.15, 0.2) is 39.1 Å². The Morgan fingerprint density at radius 3 is 2.65 bits per heavy atom. The monoisotopic (exact) mass is 489 g/mol. The molecule has 1 saturated heterocycles. The number of thiophene rings is 1. The van der Waals surface area contributed by atoms with Gasteiger partial charge in [-0.15, -0.1) is 35.3 Å². The van der Waals surface area contributed by atoms with Gasteiger partial charge in [0.25, 0.3) is 5.91 Å². The van der Waals surface area contributed by atoms with E-state index >= 15 is 0 Å². The SMILES string of the molecule is CN=C(NCc1ccc(C(N)=O)o1)N1CCN(Cc2cccs2)CC1.I. The number of guanidine groups is 1. The number of nitrogens with two attached hydrogens (primary N) is 1. The minimum atomic E-state index is -0.558. The molecule has 3 rings (SSSR count). The maximum atomic E-state index is 11.1. The van der Waals surface area contributed by atoms with E-state index in [0.29, 0.717) is 12.3 Å². The lowest BCUT2D eigenvalue weighted by atomic mass is 10.3. The minimum absolute atomic E-state index is 0. The van der Waals surface area contributed by atoms with E-state index in [2.05, 4.69) is 37.6 Å². The number of carbonyl (C=O) groups excluding carboxylic acids is 1. The Morgan fingerprint density at radius 2 is 2.08 bits per heavy atom. The molecule has 0 spiro atoms. The summed E-state index contributed by atoms with van der Waals surface area (Å²) in [6, 6.07) is 7.62. The molecule has 0 saturated carbocycles. The standard InChI is InChI=1S/C17H23N5O2S.HI/c1-19-17(20-11-13-4-5-15(24-13)16(18)23)22-8-6-21(7-9-22)12-14-3-2-10-25-14;/h2-5,10H,6-9,11-12H2,1H3,(H2,18,23)(H,19,20);1H. The molecule has 0 atom stereocenters. The van der Waals surface area contributed by atoms with E-state index in [1.54, 1.807) is 30.5 Å². The lowest BCUT2D eigenvalue weighted by molar-refractivity contribution is 0.0972. The molecular weight excluding hydrogens is 465 g/mol. The summed E-state index contributed by atoms with van der Waals surface area (Å²) >= 11 is 1.80. The molecule has 0 aliphatic carbocycles. The van der Waals surface area contributed by atoms with Gasteiger partial charge in [0.15, 0.2) is 11.7 Å². The Hall–Kier alpha value is -1.59. The van der Waals surface area contributed by atoms with Gasteiger partial charge in [-0.25, -0.2) is 0 Å². The molecule has 1 fully saturated rings. The maximum absolute atomic E-state index is 11.1. The Morgan fingerprint density at radius 1 is 1.31 bits per heavy atom. The summed E-state index contributed by atoms with van der Waals surface area (Å²) in [5.74, 6) is 1.12. The van der Waals surface area contributed by atoms with Gasteiger partial charge in [0.05, 0.1) is 6.54 Å². The van der Waals surface area contributed by atoms with Crippen molar-refractivity contribution in [2.45, 2.75) is 13.1 Å². The predicted octanol–water partition coefficient (Wildman–Crippen LogP) is 1.95. The molecule has 142 valence electrons. The topological polar surface area (TPSA) is 87.1 Å². The van der Waals surface area contributed by atoms with Crippen molar-refractivity contribution < 1.29 is 9.21 Å². The summed E-state index contributed by atoms with van der Waals surface area (Å²) in [5.41, 5.74) is 5.20. The third-order valence-corrected chi connectivity index (χ3v) is 5.03. The molecule has 3 heterocycles. The van der Waals surface area contributed by atoms with E-state index in [1.807, 2.05) is 0 Å². The molecule has 26 heavy (non-hydrogen) atoms. The number of hydrogen-bond donors (Lipinski definition) is 2. The van der Waals surface area contributed by atoms with E-state index in [-0.39, 0.29) is 29.7 Å². The molecule has 3 N–H and O–H groups in total. The highest BCUT2D eigenvalue weighted by molar-refractivity contribution is 14.0. The van der Waals surface area contributed by atoms with Gasteiger partial charge >= 0.3 is 0 Å². The molecule has 0 unspecified atom stereocenters. The van der Waals surface area contributed by atoms with Crippen LogP contribution in [0.1, 0.15) is 21.2 Å². The van der Waals surface area contributed by atoms with Crippen molar-refractivity contribution in [1.29, 1.82) is 0 Å². The Labute approximate surface area is 174 Å². The number of halogens is 1. The highest BCUT2D eigenvalue weighted by Crippen LogP contribution is 2.14. The molecule has 1 aliphatic heterocycles. The van der Waals surface area contributed by atoms with Crippen LogP contribution in [0.25, 0.3) is 0 Å². The zero-order chi connectivity index (χ0) is 17.6. The van der Waals surface area contributed by atoms with Crippen molar-refractivity contribution in [3.8, 4) is 0 Å². The normalized spacial score (nSPS) is 15.6. The first-order chi connectivity index (χ1) is 12.2. The quantitative estimate of drug-likeness (QED) is 0.381. The summed E-state index contributed by atoms with van der Waals surface area (Å²) in [7, 11) is 1.78. The largest absolute Gasteiger partial charge is 0.454 e. The van der Waals surface area contributed by atoms with Gasteiger partial charge in [0, 0.05) is 44.6 Å². The molecule has 1 aliphatic rings. The molecule has 1 amide bonds. The highest BCUT2D eigenvalue weighted by Gasteiger charge is 2.20. The first kappa shape index (κ1) is 20.7. The lowest BCUT2D eigenvalue weighted by Crippen LogP contribution is -2.51. The Balaban J connectivity index is 0.00000243. The van der Waals surface area contributed by atoms with Gasteiger partial charge in [-0.1, -0.05) is 6.07 Å². The van der Waals surface area contributed by atoms with Crippen LogP contribution < -0.4 is 11.1 Å². The zero-order valence-corrected chi connectivity index (χ0v) is 17.8. The summed E-state index contributed by atoms with van der Waals surface area (Å²) in [6.45, 7) is 5.34. The van der Waals surface area contributed by atoms with Crippen molar-refractivity contribution in [2.24, 2.45) is 10.7 Å². The number of piperazine rings is 1. The van der Waals surface area contributed by atoms with Gasteiger partial charge in [-0.05, 0) is 23.6 Å². The number of aliphatic imine (C=N–C) groups is 1. The Bertz CT molecular complexity index is 723. The maximum Gasteiger partial charge on any atom is 0.284 e. The lowest BCUT2D eigenvalue weighted by Gasteiger charge is -2.36. The highest BCUT2D eigenvalue weighted by atomic mass is 127. The van der Waals surface area contributed by atoms with Gasteiger partial charge in [-0.3, -0.25) is 14.7 Å². The molecule has 2 aromatic rings. The fourth-order valence-electron chi connectivity index (χ4n) is 2.84. The smallest absolute Gasteiger partial charge is 0.284 e. The van der Waals surface area contributed by atoms with Crippen LogP contribution in [0.4, 0.5) is 0 Å². The number of amides is 1. The molecule has 9 heteroatoms. The number of primary amides is 1. The number of nitrogens with one attached hydrogen (secondary N) is 1. The third kappa shape index (κ3) is 5.45. The van der Waals surface area contributed by atoms with E-state index < -0.39 is 5.91 Å². The van der Waals surface area contributed by atoms with E-state index in [4.69, 9.17) is 10.2 Å². The fourth-order valence-corrected chi connectivity index (χ4v) is 3.59. The number of carbonyl (C=O) groups is 1. The number of nitrogens with zero attached hydrogens (tertiary/aromatic N) is 3. The predicted molar refractivity (Wildman–Crippen MR) is 114 cm³/mol. The number of rotatable bonds is 5. The number of hydrogen-bond acceptors (Lipinski definition) is 5. The van der Waals surface area contributed by atoms with Crippen molar-refractivity contribution in [2.75, 3.05) is 33.2 Å². The van der Waals surface area contributed by atoms with E-state index in [0.717, 1.165) is 38.7 Å². The van der Waals surface area contributed by atoms with Crippen LogP contribution in [-0.2, 0) is 13.1 Å². The van der Waals surface area contributed by atoms with Crippen molar-refractivity contribution in [3.05, 3.63) is 46.0 Å². The van der Waals surface area contributed by atoms with Gasteiger partial charge in [0.2, 0.25) is 0 Å². The average molecular weight is 489 g/mol. The zero-order valence-electron chi connectivity index (χ0n) is 14.7. The van der Waals surface area contributed by atoms with Crippen molar-refractivity contribution in [1.82, 2.24) is 15.1 Å². The van der Waals surface area contributed by atoms with E-state index in [9.17, 15) is 4.79 Å². The van der Waals surface area contributed by atoms with Crippen LogP contribution in [0.3, 0.4) is 0 Å². The molecule has 7 nitrogen and oxygen atoms in total. The summed E-state index contributed by atoms with van der Waals surface area (Å²) in [4.78, 5) is 21.5. The second-order valence-electron chi connectivity index (χ2n) is 5.87. The third-order valence-electron chi connectivity index (χ3n) is 4.17. The molecule has 0 radical (unpaired) electrons. The molecule has 2 aromatic heterocycles. The molecule has 0 bridgehead atoms. The minimum Gasteiger partial charge on any atom is -0.454 e. The van der Waals surface area contributed by atoms with Crippen LogP contribution in [0.2, 0.25) is 0 Å². The van der Waals surface area contributed by atoms with Gasteiger partial charge in [0.1, 0.15) is 5.76 Å².